The Bertz CT molecular complexity index is 596. The predicted molar refractivity (Wildman–Crippen MR) is 84.5 cm³/mol. The molecule has 1 heterocycles. The summed E-state index contributed by atoms with van der Waals surface area (Å²) >= 11 is 6.94. The number of aryl methyl sites for hydroxylation is 1. The van der Waals surface area contributed by atoms with Crippen LogP contribution in [0.4, 0.5) is 0 Å². The molecule has 0 saturated heterocycles. The second-order valence-corrected chi connectivity index (χ2v) is 6.73. The van der Waals surface area contributed by atoms with Crippen molar-refractivity contribution in [3.8, 4) is 11.5 Å². The van der Waals surface area contributed by atoms with Crippen molar-refractivity contribution in [1.82, 2.24) is 15.5 Å². The molecule has 2 aromatic rings. The summed E-state index contributed by atoms with van der Waals surface area (Å²) in [6.45, 7) is 1.02. The SMILES string of the molecule is Brc1ccc(-c2nnc(CCCNC3CC3)o2)c(Br)c1. The minimum Gasteiger partial charge on any atom is -0.421 e. The molecule has 1 fully saturated rings. The van der Waals surface area contributed by atoms with Crippen molar-refractivity contribution >= 4 is 31.9 Å². The van der Waals surface area contributed by atoms with Gasteiger partial charge in [0.1, 0.15) is 0 Å². The maximum Gasteiger partial charge on any atom is 0.248 e. The molecule has 1 aromatic heterocycles. The van der Waals surface area contributed by atoms with Crippen molar-refractivity contribution in [2.45, 2.75) is 31.7 Å². The van der Waals surface area contributed by atoms with Crippen molar-refractivity contribution in [2.24, 2.45) is 0 Å². The normalized spacial score (nSPS) is 14.7. The Hall–Kier alpha value is -0.720. The molecule has 6 heteroatoms. The Morgan fingerprint density at radius 3 is 2.85 bits per heavy atom. The van der Waals surface area contributed by atoms with E-state index in [1.54, 1.807) is 0 Å². The zero-order valence-electron chi connectivity index (χ0n) is 10.9. The van der Waals surface area contributed by atoms with E-state index in [0.717, 1.165) is 39.9 Å². The van der Waals surface area contributed by atoms with Gasteiger partial charge in [-0.25, -0.2) is 0 Å². The van der Waals surface area contributed by atoms with E-state index < -0.39 is 0 Å². The number of rotatable bonds is 6. The largest absolute Gasteiger partial charge is 0.421 e. The smallest absolute Gasteiger partial charge is 0.248 e. The van der Waals surface area contributed by atoms with E-state index in [2.05, 4.69) is 47.4 Å². The van der Waals surface area contributed by atoms with Gasteiger partial charge < -0.3 is 9.73 Å². The molecule has 1 N–H and O–H groups in total. The van der Waals surface area contributed by atoms with Crippen LogP contribution in [0.25, 0.3) is 11.5 Å². The van der Waals surface area contributed by atoms with Gasteiger partial charge in [-0.15, -0.1) is 10.2 Å². The first-order valence-corrected chi connectivity index (χ1v) is 8.32. The maximum atomic E-state index is 5.72. The van der Waals surface area contributed by atoms with Crippen molar-refractivity contribution in [3.05, 3.63) is 33.0 Å². The third kappa shape index (κ3) is 3.68. The summed E-state index contributed by atoms with van der Waals surface area (Å²) in [5, 5.41) is 11.7. The van der Waals surface area contributed by atoms with Crippen LogP contribution in [0.15, 0.2) is 31.6 Å². The molecule has 0 aliphatic heterocycles. The Balaban J connectivity index is 1.60. The Kier molecular flexibility index (Phi) is 4.53. The zero-order valence-corrected chi connectivity index (χ0v) is 14.1. The van der Waals surface area contributed by atoms with Crippen LogP contribution in [0, 0.1) is 0 Å². The molecule has 0 bridgehead atoms. The molecule has 0 radical (unpaired) electrons. The van der Waals surface area contributed by atoms with Gasteiger partial charge in [-0.05, 0) is 59.9 Å². The Morgan fingerprint density at radius 2 is 2.10 bits per heavy atom. The first kappa shape index (κ1) is 14.2. The van der Waals surface area contributed by atoms with E-state index in [1.807, 2.05) is 18.2 Å². The standard InChI is InChI=1S/C14H15Br2N3O/c15-9-3-6-11(12(16)8-9)14-19-18-13(20-14)2-1-7-17-10-4-5-10/h3,6,8,10,17H,1-2,4-5,7H2. The Morgan fingerprint density at radius 1 is 1.25 bits per heavy atom. The van der Waals surface area contributed by atoms with Crippen LogP contribution >= 0.6 is 31.9 Å². The van der Waals surface area contributed by atoms with Crippen LogP contribution in [0.3, 0.4) is 0 Å². The molecule has 1 aliphatic rings. The van der Waals surface area contributed by atoms with Crippen molar-refractivity contribution in [3.63, 3.8) is 0 Å². The molecule has 0 atom stereocenters. The van der Waals surface area contributed by atoms with Gasteiger partial charge in [0.05, 0.1) is 5.56 Å². The molecule has 0 spiro atoms. The molecule has 20 heavy (non-hydrogen) atoms. The third-order valence-electron chi connectivity index (χ3n) is 3.21. The van der Waals surface area contributed by atoms with Gasteiger partial charge in [-0.1, -0.05) is 15.9 Å². The molecular weight excluding hydrogens is 386 g/mol. The molecule has 106 valence electrons. The lowest BCUT2D eigenvalue weighted by atomic mass is 10.2. The van der Waals surface area contributed by atoms with Crippen LogP contribution in [0.2, 0.25) is 0 Å². The second kappa shape index (κ2) is 6.37. The highest BCUT2D eigenvalue weighted by atomic mass is 79.9. The summed E-state index contributed by atoms with van der Waals surface area (Å²) in [4.78, 5) is 0. The molecule has 1 aliphatic carbocycles. The molecule has 4 nitrogen and oxygen atoms in total. The predicted octanol–water partition coefficient (Wildman–Crippen LogP) is 3.95. The van der Waals surface area contributed by atoms with E-state index in [9.17, 15) is 0 Å². The summed E-state index contributed by atoms with van der Waals surface area (Å²) in [5.74, 6) is 1.27. The van der Waals surface area contributed by atoms with Gasteiger partial charge in [-0.2, -0.15) is 0 Å². The summed E-state index contributed by atoms with van der Waals surface area (Å²) in [7, 11) is 0. The van der Waals surface area contributed by atoms with Crippen molar-refractivity contribution < 1.29 is 4.42 Å². The van der Waals surface area contributed by atoms with Crippen LogP contribution < -0.4 is 5.32 Å². The molecule has 1 aromatic carbocycles. The fourth-order valence-electron chi connectivity index (χ4n) is 1.96. The Labute approximate surface area is 134 Å². The lowest BCUT2D eigenvalue weighted by Gasteiger charge is -2.00. The summed E-state index contributed by atoms with van der Waals surface area (Å²) in [6.07, 6.45) is 4.49. The van der Waals surface area contributed by atoms with Crippen LogP contribution in [-0.2, 0) is 6.42 Å². The summed E-state index contributed by atoms with van der Waals surface area (Å²) < 4.78 is 7.67. The molecule has 0 unspecified atom stereocenters. The first-order valence-electron chi connectivity index (χ1n) is 6.73. The molecule has 1 saturated carbocycles. The maximum absolute atomic E-state index is 5.72. The van der Waals surface area contributed by atoms with Crippen molar-refractivity contribution in [2.75, 3.05) is 6.54 Å². The lowest BCUT2D eigenvalue weighted by Crippen LogP contribution is -2.17. The van der Waals surface area contributed by atoms with E-state index in [4.69, 9.17) is 4.42 Å². The van der Waals surface area contributed by atoms with Crippen LogP contribution in [0.5, 0.6) is 0 Å². The number of hydrogen-bond acceptors (Lipinski definition) is 4. The fourth-order valence-corrected chi connectivity index (χ4v) is 3.18. The highest BCUT2D eigenvalue weighted by molar-refractivity contribution is 9.11. The minimum atomic E-state index is 0.564. The van der Waals surface area contributed by atoms with Crippen LogP contribution in [0.1, 0.15) is 25.2 Å². The number of nitrogens with zero attached hydrogens (tertiary/aromatic N) is 2. The number of benzene rings is 1. The minimum absolute atomic E-state index is 0.564. The number of hydrogen-bond donors (Lipinski definition) is 1. The van der Waals surface area contributed by atoms with Gasteiger partial charge in [-0.3, -0.25) is 0 Å². The fraction of sp³-hybridized carbons (Fsp3) is 0.429. The van der Waals surface area contributed by atoms with Gasteiger partial charge in [0.2, 0.25) is 11.8 Å². The van der Waals surface area contributed by atoms with Crippen LogP contribution in [-0.4, -0.2) is 22.8 Å². The average Bonchev–Trinajstić information content (AvgIpc) is 3.13. The number of aromatic nitrogens is 2. The van der Waals surface area contributed by atoms with Gasteiger partial charge in [0.25, 0.3) is 0 Å². The van der Waals surface area contributed by atoms with E-state index in [0.29, 0.717) is 11.8 Å². The van der Waals surface area contributed by atoms with E-state index >= 15 is 0 Å². The van der Waals surface area contributed by atoms with E-state index in [1.165, 1.54) is 12.8 Å². The zero-order chi connectivity index (χ0) is 13.9. The average molecular weight is 401 g/mol. The highest BCUT2D eigenvalue weighted by Crippen LogP contribution is 2.30. The monoisotopic (exact) mass is 399 g/mol. The molecule has 0 amide bonds. The molecule has 3 rings (SSSR count). The summed E-state index contributed by atoms with van der Waals surface area (Å²) in [6, 6.07) is 6.65. The highest BCUT2D eigenvalue weighted by Gasteiger charge is 2.19. The van der Waals surface area contributed by atoms with Gasteiger partial charge in [0, 0.05) is 21.4 Å². The number of halogens is 2. The van der Waals surface area contributed by atoms with E-state index in [-0.39, 0.29) is 0 Å². The van der Waals surface area contributed by atoms with Gasteiger partial charge in [0.15, 0.2) is 0 Å². The summed E-state index contributed by atoms with van der Waals surface area (Å²) in [5.41, 5.74) is 0.919. The lowest BCUT2D eigenvalue weighted by molar-refractivity contribution is 0.490. The quantitative estimate of drug-likeness (QED) is 0.746. The van der Waals surface area contributed by atoms with Gasteiger partial charge >= 0.3 is 0 Å². The first-order chi connectivity index (χ1) is 9.72. The van der Waals surface area contributed by atoms with Crippen molar-refractivity contribution in [1.29, 1.82) is 0 Å². The number of nitrogens with one attached hydrogen (secondary N) is 1. The topological polar surface area (TPSA) is 51.0 Å². The molecular formula is C14H15Br2N3O. The third-order valence-corrected chi connectivity index (χ3v) is 4.36. The second-order valence-electron chi connectivity index (χ2n) is 4.96.